The van der Waals surface area contributed by atoms with Crippen LogP contribution in [0.1, 0.15) is 44.2 Å². The Kier molecular flexibility index (Phi) is 5.53. The van der Waals surface area contributed by atoms with Gasteiger partial charge in [0.15, 0.2) is 5.65 Å². The summed E-state index contributed by atoms with van der Waals surface area (Å²) in [6.07, 6.45) is 11.4. The van der Waals surface area contributed by atoms with Crippen LogP contribution in [0.3, 0.4) is 0 Å². The molecular formula is C21H29N5O. The lowest BCUT2D eigenvalue weighted by Gasteiger charge is -2.24. The molecule has 1 fully saturated rings. The summed E-state index contributed by atoms with van der Waals surface area (Å²) >= 11 is 0. The molecule has 3 heterocycles. The van der Waals surface area contributed by atoms with E-state index >= 15 is 0 Å². The summed E-state index contributed by atoms with van der Waals surface area (Å²) in [6.45, 7) is 6.23. The number of nitrogens with zero attached hydrogens (tertiary/aromatic N) is 4. The fraction of sp³-hybridized carbons (Fsp3) is 0.571. The van der Waals surface area contributed by atoms with Gasteiger partial charge >= 0.3 is 0 Å². The first kappa shape index (κ1) is 18.2. The Hall–Kier alpha value is -2.21. The van der Waals surface area contributed by atoms with Gasteiger partial charge in [-0.15, -0.1) is 0 Å². The zero-order valence-electron chi connectivity index (χ0n) is 16.1. The molecule has 6 heteroatoms. The zero-order valence-corrected chi connectivity index (χ0v) is 16.1. The van der Waals surface area contributed by atoms with E-state index in [0.29, 0.717) is 19.0 Å². The van der Waals surface area contributed by atoms with E-state index in [4.69, 9.17) is 5.10 Å². The number of fused-ring (bicyclic) bond motifs is 1. The van der Waals surface area contributed by atoms with Gasteiger partial charge in [0.1, 0.15) is 0 Å². The monoisotopic (exact) mass is 367 g/mol. The van der Waals surface area contributed by atoms with E-state index in [-0.39, 0.29) is 5.91 Å². The van der Waals surface area contributed by atoms with E-state index < -0.39 is 0 Å². The number of likely N-dealkylation sites (tertiary alicyclic amines) is 1. The smallest absolute Gasteiger partial charge is 0.216 e. The lowest BCUT2D eigenvalue weighted by atomic mass is 9.94. The van der Waals surface area contributed by atoms with Crippen molar-refractivity contribution >= 4 is 16.9 Å². The van der Waals surface area contributed by atoms with E-state index in [9.17, 15) is 4.79 Å². The fourth-order valence-corrected chi connectivity index (χ4v) is 4.44. The number of allylic oxidation sites excluding steroid dienone is 2. The maximum atomic E-state index is 11.1. The Labute approximate surface area is 160 Å². The molecule has 1 N–H and O–H groups in total. The van der Waals surface area contributed by atoms with Gasteiger partial charge in [-0.25, -0.2) is 9.67 Å². The fourth-order valence-electron chi connectivity index (χ4n) is 4.44. The number of pyridine rings is 1. The third-order valence-corrected chi connectivity index (χ3v) is 5.79. The molecule has 0 aromatic carbocycles. The Balaban J connectivity index is 1.46. The van der Waals surface area contributed by atoms with Crippen LogP contribution in [0.25, 0.3) is 11.0 Å². The van der Waals surface area contributed by atoms with Crippen molar-refractivity contribution in [1.29, 1.82) is 0 Å². The van der Waals surface area contributed by atoms with Gasteiger partial charge < -0.3 is 10.2 Å². The molecular weight excluding hydrogens is 338 g/mol. The van der Waals surface area contributed by atoms with Crippen LogP contribution < -0.4 is 5.32 Å². The number of rotatable bonds is 6. The van der Waals surface area contributed by atoms with Crippen molar-refractivity contribution in [2.75, 3.05) is 26.2 Å². The van der Waals surface area contributed by atoms with Gasteiger partial charge in [0.05, 0.1) is 12.2 Å². The van der Waals surface area contributed by atoms with Crippen molar-refractivity contribution < 1.29 is 4.79 Å². The van der Waals surface area contributed by atoms with Gasteiger partial charge in [0.2, 0.25) is 5.91 Å². The van der Waals surface area contributed by atoms with E-state index in [1.165, 1.54) is 31.5 Å². The van der Waals surface area contributed by atoms with Crippen molar-refractivity contribution in [2.45, 2.75) is 45.1 Å². The minimum Gasteiger partial charge on any atom is -0.354 e. The summed E-state index contributed by atoms with van der Waals surface area (Å²) in [7, 11) is 0. The van der Waals surface area contributed by atoms with Crippen molar-refractivity contribution in [3.05, 3.63) is 36.2 Å². The van der Waals surface area contributed by atoms with Crippen LogP contribution in [0.2, 0.25) is 0 Å². The SMILES string of the molecule is CC(=O)NCCn1nc([C@@H]2CCN(C[C@H]3CC=CCC3)C2)c2cccnc21. The number of aromatic nitrogens is 3. The van der Waals surface area contributed by atoms with Crippen LogP contribution in [0.5, 0.6) is 0 Å². The molecule has 2 aromatic rings. The lowest BCUT2D eigenvalue weighted by Crippen LogP contribution is -2.28. The topological polar surface area (TPSA) is 63.1 Å². The number of nitrogens with one attached hydrogen (secondary N) is 1. The largest absolute Gasteiger partial charge is 0.354 e. The molecule has 2 atom stereocenters. The molecule has 1 aliphatic heterocycles. The quantitative estimate of drug-likeness (QED) is 0.798. The summed E-state index contributed by atoms with van der Waals surface area (Å²) in [6, 6.07) is 4.13. The van der Waals surface area contributed by atoms with E-state index in [0.717, 1.165) is 36.5 Å². The normalized spacial score (nSPS) is 23.1. The second-order valence-electron chi connectivity index (χ2n) is 7.86. The van der Waals surface area contributed by atoms with Gasteiger partial charge in [-0.2, -0.15) is 5.10 Å². The highest BCUT2D eigenvalue weighted by atomic mass is 16.1. The molecule has 1 amide bonds. The van der Waals surface area contributed by atoms with E-state index in [1.807, 2.05) is 16.9 Å². The second-order valence-corrected chi connectivity index (χ2v) is 7.86. The summed E-state index contributed by atoms with van der Waals surface area (Å²) in [4.78, 5) is 18.3. The van der Waals surface area contributed by atoms with Crippen LogP contribution in [-0.2, 0) is 11.3 Å². The molecule has 27 heavy (non-hydrogen) atoms. The number of amides is 1. The van der Waals surface area contributed by atoms with Crippen molar-refractivity contribution in [2.24, 2.45) is 5.92 Å². The summed E-state index contributed by atoms with van der Waals surface area (Å²) in [5.74, 6) is 1.27. The predicted molar refractivity (Wildman–Crippen MR) is 106 cm³/mol. The number of hydrogen-bond donors (Lipinski definition) is 1. The van der Waals surface area contributed by atoms with Crippen LogP contribution in [0, 0.1) is 5.92 Å². The molecule has 0 bridgehead atoms. The van der Waals surface area contributed by atoms with Crippen LogP contribution in [0.15, 0.2) is 30.5 Å². The third-order valence-electron chi connectivity index (χ3n) is 5.79. The molecule has 4 rings (SSSR count). The van der Waals surface area contributed by atoms with E-state index in [2.05, 4.69) is 33.4 Å². The van der Waals surface area contributed by atoms with E-state index in [1.54, 1.807) is 6.92 Å². The molecule has 0 radical (unpaired) electrons. The molecule has 0 saturated carbocycles. The van der Waals surface area contributed by atoms with Gasteiger partial charge in [0, 0.05) is 44.1 Å². The first-order chi connectivity index (χ1) is 13.2. The first-order valence-electron chi connectivity index (χ1n) is 10.1. The third kappa shape index (κ3) is 4.21. The van der Waals surface area contributed by atoms with Crippen LogP contribution >= 0.6 is 0 Å². The predicted octanol–water partition coefficient (Wildman–Crippen LogP) is 2.71. The van der Waals surface area contributed by atoms with Crippen molar-refractivity contribution in [1.82, 2.24) is 25.0 Å². The Morgan fingerprint density at radius 1 is 1.33 bits per heavy atom. The molecule has 0 unspecified atom stereocenters. The van der Waals surface area contributed by atoms with Crippen LogP contribution in [0.4, 0.5) is 0 Å². The Morgan fingerprint density at radius 3 is 3.07 bits per heavy atom. The van der Waals surface area contributed by atoms with Crippen molar-refractivity contribution in [3.63, 3.8) is 0 Å². The first-order valence-corrected chi connectivity index (χ1v) is 10.1. The molecule has 6 nitrogen and oxygen atoms in total. The lowest BCUT2D eigenvalue weighted by molar-refractivity contribution is -0.118. The number of carbonyl (C=O) groups is 1. The number of carbonyl (C=O) groups excluding carboxylic acids is 1. The Bertz CT molecular complexity index is 827. The van der Waals surface area contributed by atoms with Crippen molar-refractivity contribution in [3.8, 4) is 0 Å². The molecule has 1 saturated heterocycles. The molecule has 2 aliphatic rings. The molecule has 0 spiro atoms. The highest BCUT2D eigenvalue weighted by Crippen LogP contribution is 2.32. The molecule has 1 aliphatic carbocycles. The second kappa shape index (κ2) is 8.21. The zero-order chi connectivity index (χ0) is 18.6. The summed E-state index contributed by atoms with van der Waals surface area (Å²) < 4.78 is 1.95. The molecule has 2 aromatic heterocycles. The number of hydrogen-bond acceptors (Lipinski definition) is 4. The average Bonchev–Trinajstić information content (AvgIpc) is 3.27. The summed E-state index contributed by atoms with van der Waals surface area (Å²) in [5.41, 5.74) is 2.10. The maximum Gasteiger partial charge on any atom is 0.216 e. The standard InChI is InChI=1S/C21H29N5O/c1-16(27)22-11-13-26-21-19(8-5-10-23-21)20(24-26)18-9-12-25(15-18)14-17-6-3-2-4-7-17/h2-3,5,8,10,17-18H,4,6-7,9,11-15H2,1H3,(H,22,27)/t17-,18+/m0/s1. The highest BCUT2D eigenvalue weighted by molar-refractivity contribution is 5.79. The summed E-state index contributed by atoms with van der Waals surface area (Å²) in [5, 5.41) is 8.92. The minimum absolute atomic E-state index is 0.0105. The highest BCUT2D eigenvalue weighted by Gasteiger charge is 2.29. The minimum atomic E-state index is -0.0105. The van der Waals surface area contributed by atoms with Crippen LogP contribution in [-0.4, -0.2) is 51.8 Å². The Morgan fingerprint density at radius 2 is 2.26 bits per heavy atom. The van der Waals surface area contributed by atoms with Gasteiger partial charge in [-0.3, -0.25) is 4.79 Å². The van der Waals surface area contributed by atoms with Gasteiger partial charge in [-0.05, 0) is 50.3 Å². The van der Waals surface area contributed by atoms with Gasteiger partial charge in [-0.1, -0.05) is 12.2 Å². The average molecular weight is 367 g/mol. The maximum absolute atomic E-state index is 11.1. The van der Waals surface area contributed by atoms with Gasteiger partial charge in [0.25, 0.3) is 0 Å². The molecule has 144 valence electrons.